The van der Waals surface area contributed by atoms with Crippen molar-refractivity contribution in [2.24, 2.45) is 11.8 Å². The molecule has 5 heteroatoms. The maximum absolute atomic E-state index is 12.8. The van der Waals surface area contributed by atoms with Crippen molar-refractivity contribution in [2.45, 2.75) is 46.1 Å². The van der Waals surface area contributed by atoms with Crippen LogP contribution in [-0.2, 0) is 6.42 Å². The number of likely N-dealkylation sites (tertiary alicyclic amines) is 1. The van der Waals surface area contributed by atoms with E-state index in [1.54, 1.807) is 0 Å². The lowest BCUT2D eigenvalue weighted by molar-refractivity contribution is -0.916. The number of piperidine rings is 1. The molecule has 2 aromatic rings. The Bertz CT molecular complexity index is 887. The third-order valence-corrected chi connectivity index (χ3v) is 7.47. The monoisotopic (exact) mass is 461 g/mol. The number of rotatable bonds is 7. The van der Waals surface area contributed by atoms with E-state index in [-0.39, 0.29) is 11.9 Å². The fourth-order valence-corrected chi connectivity index (χ4v) is 4.81. The van der Waals surface area contributed by atoms with E-state index in [0.29, 0.717) is 21.9 Å². The lowest BCUT2D eigenvalue weighted by Gasteiger charge is -2.43. The summed E-state index contributed by atoms with van der Waals surface area (Å²) < 4.78 is 1.01. The number of benzene rings is 2. The quantitative estimate of drug-likeness (QED) is 0.491. The molecule has 0 aliphatic carbocycles. The van der Waals surface area contributed by atoms with Crippen LogP contribution in [0.5, 0.6) is 0 Å². The second-order valence-corrected chi connectivity index (χ2v) is 10.6. The lowest BCUT2D eigenvalue weighted by atomic mass is 9.88. The van der Waals surface area contributed by atoms with Gasteiger partial charge in [0.25, 0.3) is 5.91 Å². The first kappa shape index (κ1) is 24.1. The van der Waals surface area contributed by atoms with Gasteiger partial charge in [0.2, 0.25) is 0 Å². The first-order valence-corrected chi connectivity index (χ1v) is 12.1. The molecular formula is C26H35Cl2N2O+. The van der Waals surface area contributed by atoms with Crippen LogP contribution in [0.15, 0.2) is 42.5 Å². The highest BCUT2D eigenvalue weighted by Gasteiger charge is 2.34. The summed E-state index contributed by atoms with van der Waals surface area (Å²) in [7, 11) is 2.34. The number of nitrogens with zero attached hydrogens (tertiary/aromatic N) is 1. The van der Waals surface area contributed by atoms with Gasteiger partial charge in [-0.05, 0) is 67.9 Å². The molecule has 1 heterocycles. The Kier molecular flexibility index (Phi) is 8.07. The number of aryl methyl sites for hydroxylation is 1. The Morgan fingerprint density at radius 2 is 1.71 bits per heavy atom. The van der Waals surface area contributed by atoms with E-state index in [1.807, 2.05) is 43.3 Å². The fourth-order valence-electron chi connectivity index (χ4n) is 4.49. The highest BCUT2D eigenvalue weighted by molar-refractivity contribution is 6.42. The molecule has 0 aromatic heterocycles. The lowest BCUT2D eigenvalue weighted by Crippen LogP contribution is -2.58. The number of carbonyl (C=O) groups is 1. The summed E-state index contributed by atoms with van der Waals surface area (Å²) >= 11 is 12.2. The van der Waals surface area contributed by atoms with Crippen molar-refractivity contribution in [1.29, 1.82) is 0 Å². The fraction of sp³-hybridized carbons (Fsp3) is 0.500. The largest absolute Gasteiger partial charge is 0.343 e. The van der Waals surface area contributed by atoms with E-state index in [1.165, 1.54) is 24.0 Å². The maximum atomic E-state index is 12.8. The maximum Gasteiger partial charge on any atom is 0.251 e. The van der Waals surface area contributed by atoms with Gasteiger partial charge in [0.1, 0.15) is 0 Å². The van der Waals surface area contributed by atoms with Gasteiger partial charge < -0.3 is 9.80 Å². The molecular weight excluding hydrogens is 427 g/mol. The average molecular weight is 462 g/mol. The summed E-state index contributed by atoms with van der Waals surface area (Å²) in [6, 6.07) is 13.9. The number of nitrogens with one attached hydrogen (secondary N) is 1. The highest BCUT2D eigenvalue weighted by Crippen LogP contribution is 2.29. The van der Waals surface area contributed by atoms with Crippen molar-refractivity contribution in [3.05, 3.63) is 69.2 Å². The molecule has 1 atom stereocenters. The molecule has 1 fully saturated rings. The minimum Gasteiger partial charge on any atom is -0.343 e. The highest BCUT2D eigenvalue weighted by atomic mass is 35.5. The molecule has 1 N–H and O–H groups in total. The van der Waals surface area contributed by atoms with Gasteiger partial charge >= 0.3 is 0 Å². The standard InChI is InChI=1S/C26H34Cl2N2O/c1-18(2)25(29-26(31)22-8-5-19(3)6-9-22)17-30(4)13-11-20(12-14-30)15-21-7-10-23(27)24(28)16-21/h5-10,16,18,20,25H,11-15,17H2,1-4H3/p+1/t20?,25-,30?/m1/s1. The molecule has 0 unspecified atom stereocenters. The third-order valence-electron chi connectivity index (χ3n) is 6.74. The number of hydrogen-bond acceptors (Lipinski definition) is 1. The molecule has 0 bridgehead atoms. The summed E-state index contributed by atoms with van der Waals surface area (Å²) in [4.78, 5) is 12.8. The molecule has 31 heavy (non-hydrogen) atoms. The van der Waals surface area contributed by atoms with Crippen molar-refractivity contribution < 1.29 is 9.28 Å². The second-order valence-electron chi connectivity index (χ2n) is 9.84. The molecule has 3 nitrogen and oxygen atoms in total. The van der Waals surface area contributed by atoms with Gasteiger partial charge in [-0.1, -0.05) is 60.8 Å². The smallest absolute Gasteiger partial charge is 0.251 e. The van der Waals surface area contributed by atoms with Crippen LogP contribution in [0.2, 0.25) is 10.0 Å². The van der Waals surface area contributed by atoms with Crippen LogP contribution >= 0.6 is 23.2 Å². The predicted molar refractivity (Wildman–Crippen MR) is 131 cm³/mol. The predicted octanol–water partition coefficient (Wildman–Crippen LogP) is 6.16. The molecule has 1 aliphatic heterocycles. The van der Waals surface area contributed by atoms with Gasteiger partial charge in [0, 0.05) is 5.56 Å². The van der Waals surface area contributed by atoms with Crippen LogP contribution in [0.3, 0.4) is 0 Å². The van der Waals surface area contributed by atoms with E-state index in [9.17, 15) is 4.79 Å². The Morgan fingerprint density at radius 1 is 1.06 bits per heavy atom. The zero-order valence-electron chi connectivity index (χ0n) is 19.1. The van der Waals surface area contributed by atoms with Gasteiger partial charge in [-0.3, -0.25) is 4.79 Å². The molecule has 0 radical (unpaired) electrons. The summed E-state index contributed by atoms with van der Waals surface area (Å²) in [6.45, 7) is 9.67. The van der Waals surface area contributed by atoms with Crippen LogP contribution < -0.4 is 5.32 Å². The minimum atomic E-state index is 0.0276. The Hall–Kier alpha value is -1.55. The zero-order chi connectivity index (χ0) is 22.6. The first-order chi connectivity index (χ1) is 14.6. The van der Waals surface area contributed by atoms with Gasteiger partial charge in [-0.2, -0.15) is 0 Å². The third kappa shape index (κ3) is 6.71. The van der Waals surface area contributed by atoms with Crippen molar-refractivity contribution in [1.82, 2.24) is 5.32 Å². The molecule has 1 aliphatic rings. The molecule has 1 saturated heterocycles. The van der Waals surface area contributed by atoms with Crippen molar-refractivity contribution in [2.75, 3.05) is 26.7 Å². The van der Waals surface area contributed by atoms with E-state index in [2.05, 4.69) is 32.3 Å². The topological polar surface area (TPSA) is 29.1 Å². The summed E-state index contributed by atoms with van der Waals surface area (Å²) in [5, 5.41) is 4.56. The Labute approximate surface area is 197 Å². The minimum absolute atomic E-state index is 0.0276. The molecule has 0 spiro atoms. The van der Waals surface area contributed by atoms with E-state index in [0.717, 1.165) is 36.1 Å². The van der Waals surface area contributed by atoms with E-state index >= 15 is 0 Å². The number of quaternary nitrogens is 1. The van der Waals surface area contributed by atoms with E-state index in [4.69, 9.17) is 23.2 Å². The first-order valence-electron chi connectivity index (χ1n) is 11.3. The number of amides is 1. The van der Waals surface area contributed by atoms with Gasteiger partial charge in [-0.25, -0.2) is 0 Å². The van der Waals surface area contributed by atoms with Crippen LogP contribution in [0.4, 0.5) is 0 Å². The number of hydrogen-bond donors (Lipinski definition) is 1. The van der Waals surface area contributed by atoms with E-state index < -0.39 is 0 Å². The SMILES string of the molecule is Cc1ccc(C(=O)N[C@H](C[N+]2(C)CCC(Cc3ccc(Cl)c(Cl)c3)CC2)C(C)C)cc1. The Balaban J connectivity index is 1.56. The molecule has 1 amide bonds. The van der Waals surface area contributed by atoms with Gasteiger partial charge in [-0.15, -0.1) is 0 Å². The van der Waals surface area contributed by atoms with Crippen molar-refractivity contribution >= 4 is 29.1 Å². The summed E-state index contributed by atoms with van der Waals surface area (Å²) in [5.41, 5.74) is 3.17. The van der Waals surface area contributed by atoms with Crippen molar-refractivity contribution in [3.63, 3.8) is 0 Å². The van der Waals surface area contributed by atoms with Gasteiger partial charge in [0.05, 0.1) is 42.8 Å². The number of halogens is 2. The van der Waals surface area contributed by atoms with Crippen LogP contribution in [-0.4, -0.2) is 43.1 Å². The van der Waals surface area contributed by atoms with Crippen LogP contribution in [0, 0.1) is 18.8 Å². The Morgan fingerprint density at radius 3 is 2.29 bits per heavy atom. The zero-order valence-corrected chi connectivity index (χ0v) is 20.6. The average Bonchev–Trinajstić information content (AvgIpc) is 2.72. The number of likely N-dealkylation sites (N-methyl/N-ethyl adjacent to an activating group) is 1. The van der Waals surface area contributed by atoms with Crippen LogP contribution in [0.25, 0.3) is 0 Å². The van der Waals surface area contributed by atoms with Crippen molar-refractivity contribution in [3.8, 4) is 0 Å². The molecule has 0 saturated carbocycles. The summed E-state index contributed by atoms with van der Waals surface area (Å²) in [5.74, 6) is 1.08. The molecule has 2 aromatic carbocycles. The molecule has 3 rings (SSSR count). The normalized spacial score (nSPS) is 22.4. The second kappa shape index (κ2) is 10.4. The number of carbonyl (C=O) groups excluding carboxylic acids is 1. The van der Waals surface area contributed by atoms with Crippen LogP contribution in [0.1, 0.15) is 48.2 Å². The summed E-state index contributed by atoms with van der Waals surface area (Å²) in [6.07, 6.45) is 3.43. The molecule has 168 valence electrons. The van der Waals surface area contributed by atoms with Gasteiger partial charge in [0.15, 0.2) is 0 Å².